The lowest BCUT2D eigenvalue weighted by Gasteiger charge is -2.25. The molecule has 0 aliphatic carbocycles. The van der Waals surface area contributed by atoms with Crippen LogP contribution in [0, 0.1) is 5.92 Å². The first-order valence-corrected chi connectivity index (χ1v) is 9.75. The number of carbonyl (C=O) groups is 3. The molecule has 0 aliphatic rings. The Bertz CT molecular complexity index is 874. The highest BCUT2D eigenvalue weighted by Crippen LogP contribution is 2.21. The molecule has 0 bridgehead atoms. The van der Waals surface area contributed by atoms with Crippen LogP contribution < -0.4 is 0 Å². The summed E-state index contributed by atoms with van der Waals surface area (Å²) in [5.41, 5.74) is 0.975. The van der Waals surface area contributed by atoms with E-state index in [4.69, 9.17) is 14.2 Å². The number of rotatable bonds is 7. The Morgan fingerprint density at radius 1 is 0.742 bits per heavy atom. The van der Waals surface area contributed by atoms with Crippen molar-refractivity contribution in [2.75, 3.05) is 14.2 Å². The molecule has 7 heteroatoms. The van der Waals surface area contributed by atoms with Gasteiger partial charge in [-0.3, -0.25) is 14.6 Å². The highest BCUT2D eigenvalue weighted by atomic mass is 16.6. The second-order valence-electron chi connectivity index (χ2n) is 7.71. The molecule has 0 fully saturated rings. The molecule has 0 saturated carbocycles. The van der Waals surface area contributed by atoms with Gasteiger partial charge in [-0.15, -0.1) is 0 Å². The fraction of sp³-hybridized carbons (Fsp3) is 0.333. The number of benzene rings is 2. The molecule has 0 spiro atoms. The fourth-order valence-corrected chi connectivity index (χ4v) is 2.88. The first-order valence-electron chi connectivity index (χ1n) is 9.75. The average Bonchev–Trinajstić information content (AvgIpc) is 2.75. The topological polar surface area (TPSA) is 91.3 Å². The lowest BCUT2D eigenvalue weighted by atomic mass is 9.97. The van der Waals surface area contributed by atoms with Gasteiger partial charge in [-0.25, -0.2) is 4.79 Å². The van der Waals surface area contributed by atoms with Gasteiger partial charge in [0, 0.05) is 11.1 Å². The summed E-state index contributed by atoms with van der Waals surface area (Å²) in [6.45, 7) is 5.06. The summed E-state index contributed by atoms with van der Waals surface area (Å²) in [6.07, 6.45) is 0. The summed E-state index contributed by atoms with van der Waals surface area (Å²) < 4.78 is 15.0. The number of nitrogens with zero attached hydrogens (tertiary/aromatic N) is 1. The van der Waals surface area contributed by atoms with Crippen LogP contribution in [0.5, 0.6) is 0 Å². The Kier molecular flexibility index (Phi) is 8.07. The number of carbonyl (C=O) groups excluding carboxylic acids is 3. The summed E-state index contributed by atoms with van der Waals surface area (Å²) in [5, 5.41) is 0. The summed E-state index contributed by atoms with van der Waals surface area (Å²) in [4.78, 5) is 42.6. The van der Waals surface area contributed by atoms with E-state index in [-0.39, 0.29) is 0 Å². The van der Waals surface area contributed by atoms with Gasteiger partial charge < -0.3 is 14.2 Å². The zero-order valence-corrected chi connectivity index (χ0v) is 18.3. The number of aliphatic imine (C=N–C) groups is 1. The van der Waals surface area contributed by atoms with E-state index in [0.29, 0.717) is 16.8 Å². The van der Waals surface area contributed by atoms with Crippen molar-refractivity contribution in [1.29, 1.82) is 0 Å². The van der Waals surface area contributed by atoms with Gasteiger partial charge in [0.2, 0.25) is 0 Å². The third kappa shape index (κ3) is 6.50. The van der Waals surface area contributed by atoms with Crippen molar-refractivity contribution in [3.8, 4) is 0 Å². The predicted octanol–water partition coefficient (Wildman–Crippen LogP) is 3.20. The van der Waals surface area contributed by atoms with Gasteiger partial charge in [0.25, 0.3) is 0 Å². The SMILES string of the molecule is COC(=O)C(C(=O)OC)[C@@H](N=C(c1ccccc1)c1ccccc1)C(=O)OC(C)(C)C. The standard InChI is InChI=1S/C24H27NO6/c1-24(2,3)31-23(28)20(18(21(26)29-4)22(27)30-5)25-19(16-12-8-6-9-13-16)17-14-10-7-11-15-17/h6-15,18,20H,1-5H3/t20-/m1/s1. The highest BCUT2D eigenvalue weighted by molar-refractivity contribution is 6.14. The molecule has 31 heavy (non-hydrogen) atoms. The van der Waals surface area contributed by atoms with Crippen LogP contribution in [0.2, 0.25) is 0 Å². The van der Waals surface area contributed by atoms with E-state index in [0.717, 1.165) is 14.2 Å². The maximum atomic E-state index is 13.1. The van der Waals surface area contributed by atoms with E-state index in [1.807, 2.05) is 60.7 Å². The maximum Gasteiger partial charge on any atom is 0.332 e. The average molecular weight is 425 g/mol. The van der Waals surface area contributed by atoms with E-state index in [1.165, 1.54) is 0 Å². The molecular formula is C24H27NO6. The largest absolute Gasteiger partial charge is 0.468 e. The van der Waals surface area contributed by atoms with Crippen molar-refractivity contribution in [2.45, 2.75) is 32.4 Å². The van der Waals surface area contributed by atoms with Crippen molar-refractivity contribution >= 4 is 23.6 Å². The summed E-state index contributed by atoms with van der Waals surface area (Å²) in [6, 6.07) is 16.8. The maximum absolute atomic E-state index is 13.1. The molecule has 2 aromatic carbocycles. The zero-order valence-electron chi connectivity index (χ0n) is 18.3. The molecular weight excluding hydrogens is 398 g/mol. The molecule has 0 unspecified atom stereocenters. The fourth-order valence-electron chi connectivity index (χ4n) is 2.88. The van der Waals surface area contributed by atoms with Crippen LogP contribution in [0.3, 0.4) is 0 Å². The van der Waals surface area contributed by atoms with Crippen LogP contribution in [0.4, 0.5) is 0 Å². The number of hydrogen-bond donors (Lipinski definition) is 0. The third-order valence-electron chi connectivity index (χ3n) is 4.24. The van der Waals surface area contributed by atoms with Crippen LogP contribution in [-0.2, 0) is 28.6 Å². The molecule has 7 nitrogen and oxygen atoms in total. The van der Waals surface area contributed by atoms with E-state index in [9.17, 15) is 14.4 Å². The smallest absolute Gasteiger partial charge is 0.332 e. The Hall–Kier alpha value is -3.48. The van der Waals surface area contributed by atoms with E-state index in [1.54, 1.807) is 20.8 Å². The van der Waals surface area contributed by atoms with Crippen LogP contribution in [0.25, 0.3) is 0 Å². The van der Waals surface area contributed by atoms with Gasteiger partial charge in [-0.1, -0.05) is 60.7 Å². The molecule has 2 aromatic rings. The van der Waals surface area contributed by atoms with Gasteiger partial charge in [-0.05, 0) is 20.8 Å². The van der Waals surface area contributed by atoms with Crippen LogP contribution in [-0.4, -0.2) is 49.5 Å². The Labute approximate surface area is 182 Å². The van der Waals surface area contributed by atoms with Gasteiger partial charge >= 0.3 is 17.9 Å². The van der Waals surface area contributed by atoms with Gasteiger partial charge in [0.1, 0.15) is 5.60 Å². The summed E-state index contributed by atoms with van der Waals surface area (Å²) in [5.74, 6) is -4.33. The van der Waals surface area contributed by atoms with E-state index < -0.39 is 35.5 Å². The minimum Gasteiger partial charge on any atom is -0.468 e. The molecule has 0 heterocycles. The first-order chi connectivity index (χ1) is 14.7. The molecule has 0 saturated heterocycles. The molecule has 1 atom stereocenters. The van der Waals surface area contributed by atoms with Gasteiger partial charge in [-0.2, -0.15) is 0 Å². The molecule has 2 rings (SSSR count). The number of esters is 3. The minimum atomic E-state index is -1.62. The second kappa shape index (κ2) is 10.5. The molecule has 0 aromatic heterocycles. The predicted molar refractivity (Wildman–Crippen MR) is 116 cm³/mol. The Morgan fingerprint density at radius 3 is 1.52 bits per heavy atom. The number of hydrogen-bond acceptors (Lipinski definition) is 7. The number of ether oxygens (including phenoxy) is 3. The Balaban J connectivity index is 2.71. The van der Waals surface area contributed by atoms with Crippen LogP contribution >= 0.6 is 0 Å². The van der Waals surface area contributed by atoms with Crippen molar-refractivity contribution in [3.63, 3.8) is 0 Å². The van der Waals surface area contributed by atoms with Gasteiger partial charge in [0.15, 0.2) is 12.0 Å². The second-order valence-corrected chi connectivity index (χ2v) is 7.71. The third-order valence-corrected chi connectivity index (χ3v) is 4.24. The molecule has 0 radical (unpaired) electrons. The summed E-state index contributed by atoms with van der Waals surface area (Å²) >= 11 is 0. The highest BCUT2D eigenvalue weighted by Gasteiger charge is 2.43. The van der Waals surface area contributed by atoms with E-state index in [2.05, 4.69) is 4.99 Å². The van der Waals surface area contributed by atoms with Crippen LogP contribution in [0.1, 0.15) is 31.9 Å². The van der Waals surface area contributed by atoms with Crippen molar-refractivity contribution < 1.29 is 28.6 Å². The van der Waals surface area contributed by atoms with Crippen molar-refractivity contribution in [2.24, 2.45) is 10.9 Å². The summed E-state index contributed by atoms with van der Waals surface area (Å²) in [7, 11) is 2.26. The Morgan fingerprint density at radius 2 is 1.16 bits per heavy atom. The van der Waals surface area contributed by atoms with Gasteiger partial charge in [0.05, 0.1) is 19.9 Å². The van der Waals surface area contributed by atoms with Crippen molar-refractivity contribution in [1.82, 2.24) is 0 Å². The number of methoxy groups -OCH3 is 2. The molecule has 0 amide bonds. The zero-order chi connectivity index (χ0) is 23.0. The minimum absolute atomic E-state index is 0.426. The lowest BCUT2D eigenvalue weighted by molar-refractivity contribution is -0.169. The quantitative estimate of drug-likeness (QED) is 0.293. The molecule has 164 valence electrons. The normalized spacial score (nSPS) is 11.9. The molecule has 0 aliphatic heterocycles. The van der Waals surface area contributed by atoms with E-state index >= 15 is 0 Å². The first kappa shape index (κ1) is 23.8. The van der Waals surface area contributed by atoms with Crippen LogP contribution in [0.15, 0.2) is 65.7 Å². The molecule has 0 N–H and O–H groups in total. The lowest BCUT2D eigenvalue weighted by Crippen LogP contribution is -2.44. The van der Waals surface area contributed by atoms with Crippen molar-refractivity contribution in [3.05, 3.63) is 71.8 Å². The monoisotopic (exact) mass is 425 g/mol.